The molecule has 2 aromatic carbocycles. The fourth-order valence-electron chi connectivity index (χ4n) is 3.62. The lowest BCUT2D eigenvalue weighted by molar-refractivity contribution is -0.138. The first kappa shape index (κ1) is 14.6. The Kier molecular flexibility index (Phi) is 2.91. The third kappa shape index (κ3) is 1.84. The van der Waals surface area contributed by atoms with Crippen LogP contribution in [0.3, 0.4) is 0 Å². The molecule has 2 heterocycles. The van der Waals surface area contributed by atoms with Crippen molar-refractivity contribution >= 4 is 22.8 Å². The second-order valence-electron chi connectivity index (χ2n) is 6.32. The van der Waals surface area contributed by atoms with Crippen molar-refractivity contribution < 1.29 is 19.1 Å². The van der Waals surface area contributed by atoms with Gasteiger partial charge in [0.1, 0.15) is 5.82 Å². The lowest BCUT2D eigenvalue weighted by atomic mass is 9.73. The summed E-state index contributed by atoms with van der Waals surface area (Å²) in [6.07, 6.45) is -0.351. The van der Waals surface area contributed by atoms with Crippen molar-refractivity contribution in [3.63, 3.8) is 0 Å². The van der Waals surface area contributed by atoms with Gasteiger partial charge in [0.15, 0.2) is 0 Å². The first-order chi connectivity index (χ1) is 11.4. The van der Waals surface area contributed by atoms with Crippen LogP contribution in [0.5, 0.6) is 0 Å². The molecule has 3 aromatic rings. The summed E-state index contributed by atoms with van der Waals surface area (Å²) < 4.78 is 15.4. The van der Waals surface area contributed by atoms with Gasteiger partial charge in [0, 0.05) is 10.9 Å². The van der Waals surface area contributed by atoms with Gasteiger partial charge in [-0.25, -0.2) is 4.39 Å². The molecule has 0 saturated heterocycles. The summed E-state index contributed by atoms with van der Waals surface area (Å²) in [5, 5.41) is 10.2. The van der Waals surface area contributed by atoms with Gasteiger partial charge in [-0.1, -0.05) is 24.3 Å². The summed E-state index contributed by atoms with van der Waals surface area (Å²) in [5.41, 5.74) is 1.16. The topological polar surface area (TPSA) is 59.3 Å². The molecule has 4 nitrogen and oxygen atoms in total. The Morgan fingerprint density at radius 2 is 1.96 bits per heavy atom. The van der Waals surface area contributed by atoms with Gasteiger partial charge in [0.25, 0.3) is 0 Å². The molecule has 4 rings (SSSR count). The van der Waals surface area contributed by atoms with Crippen LogP contribution < -0.4 is 0 Å². The second-order valence-corrected chi connectivity index (χ2v) is 6.32. The van der Waals surface area contributed by atoms with E-state index in [0.717, 1.165) is 5.39 Å². The number of aliphatic carboxylic acids is 1. The number of carbonyl (C=O) groups is 2. The molecule has 1 aliphatic rings. The Morgan fingerprint density at radius 1 is 1.21 bits per heavy atom. The molecule has 0 radical (unpaired) electrons. The molecule has 1 aliphatic heterocycles. The fourth-order valence-corrected chi connectivity index (χ4v) is 3.62. The predicted molar refractivity (Wildman–Crippen MR) is 87.6 cm³/mol. The number of hydrogen-bond acceptors (Lipinski definition) is 2. The van der Waals surface area contributed by atoms with Crippen LogP contribution in [0, 0.1) is 5.82 Å². The van der Waals surface area contributed by atoms with Gasteiger partial charge in [0.2, 0.25) is 5.91 Å². The molecule has 5 heteroatoms. The molecule has 0 bridgehead atoms. The van der Waals surface area contributed by atoms with E-state index >= 15 is 0 Å². The second kappa shape index (κ2) is 4.77. The summed E-state index contributed by atoms with van der Waals surface area (Å²) in [7, 11) is 0. The first-order valence-electron chi connectivity index (χ1n) is 7.59. The largest absolute Gasteiger partial charge is 0.481 e. The number of para-hydroxylation sites is 1. The summed E-state index contributed by atoms with van der Waals surface area (Å²) >= 11 is 0. The smallest absolute Gasteiger partial charge is 0.304 e. The van der Waals surface area contributed by atoms with Crippen molar-refractivity contribution in [2.45, 2.75) is 18.8 Å². The maximum Gasteiger partial charge on any atom is 0.304 e. The monoisotopic (exact) mass is 323 g/mol. The Morgan fingerprint density at radius 3 is 2.71 bits per heavy atom. The van der Waals surface area contributed by atoms with Crippen LogP contribution in [0.4, 0.5) is 4.39 Å². The number of carbonyl (C=O) groups excluding carboxylic acids is 1. The standard InChI is InChI=1S/C19H14FNO3/c1-19(10-17(22)23)14-7-6-12(20)9-13(14)16-8-11-4-2-3-5-15(11)21(16)18(19)24/h2-9H,10H2,1H3,(H,22,23). The van der Waals surface area contributed by atoms with Gasteiger partial charge >= 0.3 is 5.97 Å². The van der Waals surface area contributed by atoms with Crippen molar-refractivity contribution in [3.05, 3.63) is 59.9 Å². The summed E-state index contributed by atoms with van der Waals surface area (Å²) in [5.74, 6) is -1.79. The number of fused-ring (bicyclic) bond motifs is 5. The van der Waals surface area contributed by atoms with Crippen molar-refractivity contribution in [1.82, 2.24) is 4.57 Å². The molecule has 0 spiro atoms. The Labute approximate surface area is 137 Å². The van der Waals surface area contributed by atoms with Gasteiger partial charge in [-0.05, 0) is 36.8 Å². The average molecular weight is 323 g/mol. The highest BCUT2D eigenvalue weighted by atomic mass is 19.1. The molecule has 120 valence electrons. The third-order valence-corrected chi connectivity index (χ3v) is 4.74. The maximum absolute atomic E-state index is 13.8. The molecule has 0 fully saturated rings. The van der Waals surface area contributed by atoms with Crippen LogP contribution in [-0.2, 0) is 10.2 Å². The molecule has 1 atom stereocenters. The van der Waals surface area contributed by atoms with Crippen LogP contribution in [0.1, 0.15) is 23.7 Å². The van der Waals surface area contributed by atoms with Crippen molar-refractivity contribution in [2.24, 2.45) is 0 Å². The lowest BCUT2D eigenvalue weighted by Gasteiger charge is -2.34. The van der Waals surface area contributed by atoms with Gasteiger partial charge < -0.3 is 5.11 Å². The molecular weight excluding hydrogens is 309 g/mol. The number of nitrogens with zero attached hydrogens (tertiary/aromatic N) is 1. The zero-order valence-corrected chi connectivity index (χ0v) is 12.9. The van der Waals surface area contributed by atoms with Crippen LogP contribution >= 0.6 is 0 Å². The van der Waals surface area contributed by atoms with E-state index in [2.05, 4.69) is 0 Å². The van der Waals surface area contributed by atoms with Gasteiger partial charge in [0.05, 0.1) is 23.0 Å². The SMILES string of the molecule is CC1(CC(=O)O)C(=O)n2c(cc3ccccc32)-c2cc(F)ccc21. The summed E-state index contributed by atoms with van der Waals surface area (Å²) in [4.78, 5) is 24.6. The molecule has 0 aliphatic carbocycles. The lowest BCUT2D eigenvalue weighted by Crippen LogP contribution is -2.42. The van der Waals surface area contributed by atoms with E-state index in [1.165, 1.54) is 22.8 Å². The highest BCUT2D eigenvalue weighted by molar-refractivity contribution is 6.07. The number of halogens is 1. The van der Waals surface area contributed by atoms with Gasteiger partial charge in [-0.15, -0.1) is 0 Å². The number of rotatable bonds is 2. The number of carboxylic acid groups (broad SMARTS) is 1. The minimum atomic E-state index is -1.25. The molecule has 1 N–H and O–H groups in total. The fraction of sp³-hybridized carbons (Fsp3) is 0.158. The summed E-state index contributed by atoms with van der Waals surface area (Å²) in [6.45, 7) is 1.61. The zero-order valence-electron chi connectivity index (χ0n) is 12.9. The van der Waals surface area contributed by atoms with E-state index in [1.807, 2.05) is 30.3 Å². The Hall–Kier alpha value is -2.95. The third-order valence-electron chi connectivity index (χ3n) is 4.74. The number of carboxylic acids is 1. The van der Waals surface area contributed by atoms with E-state index in [0.29, 0.717) is 22.3 Å². The zero-order chi connectivity index (χ0) is 17.1. The average Bonchev–Trinajstić information content (AvgIpc) is 2.91. The van der Waals surface area contributed by atoms with E-state index < -0.39 is 17.2 Å². The number of aromatic nitrogens is 1. The molecular formula is C19H14FNO3. The molecule has 0 amide bonds. The van der Waals surface area contributed by atoms with E-state index in [1.54, 1.807) is 6.92 Å². The molecule has 0 saturated carbocycles. The molecule has 1 aromatic heterocycles. The first-order valence-corrected chi connectivity index (χ1v) is 7.59. The number of hydrogen-bond donors (Lipinski definition) is 1. The van der Waals surface area contributed by atoms with E-state index in [4.69, 9.17) is 0 Å². The van der Waals surface area contributed by atoms with Crippen molar-refractivity contribution in [2.75, 3.05) is 0 Å². The van der Waals surface area contributed by atoms with E-state index in [9.17, 15) is 19.1 Å². The quantitative estimate of drug-likeness (QED) is 0.779. The molecule has 1 unspecified atom stereocenters. The van der Waals surface area contributed by atoms with Crippen LogP contribution in [0.25, 0.3) is 22.2 Å². The maximum atomic E-state index is 13.8. The Balaban J connectivity index is 2.11. The Bertz CT molecular complexity index is 1020. The number of benzene rings is 2. The van der Waals surface area contributed by atoms with Gasteiger partial charge in [-0.3, -0.25) is 14.2 Å². The minimum Gasteiger partial charge on any atom is -0.481 e. The summed E-state index contributed by atoms with van der Waals surface area (Å²) in [6, 6.07) is 13.4. The minimum absolute atomic E-state index is 0.305. The molecule has 24 heavy (non-hydrogen) atoms. The van der Waals surface area contributed by atoms with E-state index in [-0.39, 0.29) is 12.3 Å². The predicted octanol–water partition coefficient (Wildman–Crippen LogP) is 3.83. The van der Waals surface area contributed by atoms with Crippen LogP contribution in [0.15, 0.2) is 48.5 Å². The van der Waals surface area contributed by atoms with Crippen LogP contribution in [-0.4, -0.2) is 21.6 Å². The van der Waals surface area contributed by atoms with Crippen molar-refractivity contribution in [1.29, 1.82) is 0 Å². The highest BCUT2D eigenvalue weighted by Crippen LogP contribution is 2.44. The normalized spacial score (nSPS) is 19.2. The van der Waals surface area contributed by atoms with Crippen molar-refractivity contribution in [3.8, 4) is 11.3 Å². The highest BCUT2D eigenvalue weighted by Gasteiger charge is 2.45. The van der Waals surface area contributed by atoms with Crippen LogP contribution in [0.2, 0.25) is 0 Å². The van der Waals surface area contributed by atoms with Gasteiger partial charge in [-0.2, -0.15) is 0 Å².